The Bertz CT molecular complexity index is 383. The van der Waals surface area contributed by atoms with Crippen LogP contribution in [0.2, 0.25) is 0 Å². The van der Waals surface area contributed by atoms with Crippen molar-refractivity contribution >= 4 is 6.29 Å². The Labute approximate surface area is 83.9 Å². The Kier molecular flexibility index (Phi) is 3.75. The standard InChI is InChI=1S/C12H12O2/c1-10-6-7-11(5-3-4-8-13)12(9-10)14-2/h6-9H,4H2,1-2H3. The van der Waals surface area contributed by atoms with Crippen LogP contribution in [0.25, 0.3) is 0 Å². The summed E-state index contributed by atoms with van der Waals surface area (Å²) in [4.78, 5) is 10.1. The second-order valence-electron chi connectivity index (χ2n) is 2.88. The van der Waals surface area contributed by atoms with Gasteiger partial charge in [-0.05, 0) is 24.6 Å². The molecule has 0 amide bonds. The van der Waals surface area contributed by atoms with Crippen LogP contribution in [0.3, 0.4) is 0 Å². The van der Waals surface area contributed by atoms with Gasteiger partial charge in [-0.3, -0.25) is 0 Å². The molecule has 0 spiro atoms. The molecule has 0 radical (unpaired) electrons. The number of methoxy groups -OCH3 is 1. The summed E-state index contributed by atoms with van der Waals surface area (Å²) in [6.07, 6.45) is 1.05. The quantitative estimate of drug-likeness (QED) is 0.523. The highest BCUT2D eigenvalue weighted by atomic mass is 16.5. The maximum absolute atomic E-state index is 10.1. The summed E-state index contributed by atoms with van der Waals surface area (Å²) < 4.78 is 5.17. The lowest BCUT2D eigenvalue weighted by Gasteiger charge is -2.03. The Hall–Kier alpha value is -1.75. The van der Waals surface area contributed by atoms with Crippen molar-refractivity contribution in [1.29, 1.82) is 0 Å². The zero-order valence-corrected chi connectivity index (χ0v) is 8.33. The third kappa shape index (κ3) is 2.63. The van der Waals surface area contributed by atoms with Gasteiger partial charge in [0.05, 0.1) is 19.1 Å². The van der Waals surface area contributed by atoms with E-state index in [9.17, 15) is 4.79 Å². The van der Waals surface area contributed by atoms with Crippen LogP contribution in [-0.4, -0.2) is 13.4 Å². The second kappa shape index (κ2) is 5.08. The van der Waals surface area contributed by atoms with E-state index < -0.39 is 0 Å². The van der Waals surface area contributed by atoms with E-state index in [0.717, 1.165) is 23.2 Å². The van der Waals surface area contributed by atoms with E-state index >= 15 is 0 Å². The summed E-state index contributed by atoms with van der Waals surface area (Å²) in [6.45, 7) is 1.99. The van der Waals surface area contributed by atoms with Gasteiger partial charge in [-0.1, -0.05) is 17.9 Å². The van der Waals surface area contributed by atoms with Gasteiger partial charge in [0.15, 0.2) is 0 Å². The van der Waals surface area contributed by atoms with Gasteiger partial charge in [-0.25, -0.2) is 0 Å². The number of aryl methyl sites for hydroxylation is 1. The number of aldehydes is 1. The van der Waals surface area contributed by atoms with Gasteiger partial charge >= 0.3 is 0 Å². The Balaban J connectivity index is 2.97. The summed E-state index contributed by atoms with van der Waals surface area (Å²) in [6, 6.07) is 5.78. The van der Waals surface area contributed by atoms with E-state index in [1.807, 2.05) is 25.1 Å². The Morgan fingerprint density at radius 2 is 2.29 bits per heavy atom. The molecule has 0 unspecified atom stereocenters. The van der Waals surface area contributed by atoms with Gasteiger partial charge in [0.1, 0.15) is 12.0 Å². The average Bonchev–Trinajstić information content (AvgIpc) is 2.20. The highest BCUT2D eigenvalue weighted by Crippen LogP contribution is 2.18. The lowest BCUT2D eigenvalue weighted by Crippen LogP contribution is -1.88. The van der Waals surface area contributed by atoms with Crippen LogP contribution in [0.5, 0.6) is 5.75 Å². The van der Waals surface area contributed by atoms with E-state index in [1.165, 1.54) is 0 Å². The van der Waals surface area contributed by atoms with Crippen molar-refractivity contribution in [2.45, 2.75) is 13.3 Å². The van der Waals surface area contributed by atoms with Crippen molar-refractivity contribution < 1.29 is 9.53 Å². The molecule has 1 aromatic rings. The number of ether oxygens (including phenoxy) is 1. The average molecular weight is 188 g/mol. The van der Waals surface area contributed by atoms with Crippen LogP contribution >= 0.6 is 0 Å². The molecule has 1 rings (SSSR count). The molecule has 0 aromatic heterocycles. The molecule has 0 heterocycles. The molecule has 0 saturated carbocycles. The third-order valence-corrected chi connectivity index (χ3v) is 1.77. The first-order valence-electron chi connectivity index (χ1n) is 4.35. The molecule has 0 aliphatic carbocycles. The smallest absolute Gasteiger partial charge is 0.134 e. The summed E-state index contributed by atoms with van der Waals surface area (Å²) >= 11 is 0. The van der Waals surface area contributed by atoms with Crippen molar-refractivity contribution in [1.82, 2.24) is 0 Å². The minimum absolute atomic E-state index is 0.261. The summed E-state index contributed by atoms with van der Waals surface area (Å²) in [5.74, 6) is 6.39. The number of carbonyl (C=O) groups excluding carboxylic acids is 1. The molecule has 0 N–H and O–H groups in total. The maximum Gasteiger partial charge on any atom is 0.134 e. The molecule has 0 fully saturated rings. The van der Waals surface area contributed by atoms with Crippen molar-refractivity contribution in [3.8, 4) is 17.6 Å². The monoisotopic (exact) mass is 188 g/mol. The number of carbonyl (C=O) groups is 1. The molecule has 0 saturated heterocycles. The topological polar surface area (TPSA) is 26.3 Å². The lowest BCUT2D eigenvalue weighted by atomic mass is 10.1. The number of rotatable bonds is 2. The fourth-order valence-corrected chi connectivity index (χ4v) is 1.09. The van der Waals surface area contributed by atoms with Crippen molar-refractivity contribution in [2.24, 2.45) is 0 Å². The maximum atomic E-state index is 10.1. The number of hydrogen-bond acceptors (Lipinski definition) is 2. The predicted molar refractivity (Wildman–Crippen MR) is 55.3 cm³/mol. The third-order valence-electron chi connectivity index (χ3n) is 1.77. The lowest BCUT2D eigenvalue weighted by molar-refractivity contribution is -0.107. The zero-order chi connectivity index (χ0) is 10.4. The largest absolute Gasteiger partial charge is 0.495 e. The first-order valence-corrected chi connectivity index (χ1v) is 4.35. The van der Waals surface area contributed by atoms with Gasteiger partial charge in [0.25, 0.3) is 0 Å². The SMILES string of the molecule is COc1cc(C)ccc1C#CCC=O. The van der Waals surface area contributed by atoms with Crippen LogP contribution in [-0.2, 0) is 4.79 Å². The van der Waals surface area contributed by atoms with Crippen LogP contribution in [0.1, 0.15) is 17.5 Å². The molecular weight excluding hydrogens is 176 g/mol. The predicted octanol–water partition coefficient (Wildman–Crippen LogP) is 1.94. The molecule has 1 aromatic carbocycles. The molecule has 14 heavy (non-hydrogen) atoms. The van der Waals surface area contributed by atoms with Gasteiger partial charge in [0.2, 0.25) is 0 Å². The second-order valence-corrected chi connectivity index (χ2v) is 2.88. The summed E-state index contributed by atoms with van der Waals surface area (Å²) in [5.41, 5.74) is 1.95. The summed E-state index contributed by atoms with van der Waals surface area (Å²) in [7, 11) is 1.61. The van der Waals surface area contributed by atoms with Crippen LogP contribution < -0.4 is 4.74 Å². The number of benzene rings is 1. The summed E-state index contributed by atoms with van der Waals surface area (Å²) in [5, 5.41) is 0. The Morgan fingerprint density at radius 3 is 2.93 bits per heavy atom. The van der Waals surface area contributed by atoms with Gasteiger partial charge < -0.3 is 9.53 Å². The van der Waals surface area contributed by atoms with Crippen molar-refractivity contribution in [2.75, 3.05) is 7.11 Å². The van der Waals surface area contributed by atoms with Crippen LogP contribution in [0.15, 0.2) is 18.2 Å². The number of hydrogen-bond donors (Lipinski definition) is 0. The van der Waals surface area contributed by atoms with E-state index in [4.69, 9.17) is 4.74 Å². The van der Waals surface area contributed by atoms with Crippen LogP contribution in [0.4, 0.5) is 0 Å². The first-order chi connectivity index (χ1) is 6.77. The van der Waals surface area contributed by atoms with E-state index in [1.54, 1.807) is 7.11 Å². The van der Waals surface area contributed by atoms with Gasteiger partial charge in [0, 0.05) is 0 Å². The van der Waals surface area contributed by atoms with E-state index in [-0.39, 0.29) is 6.42 Å². The molecule has 72 valence electrons. The van der Waals surface area contributed by atoms with Gasteiger partial charge in [-0.2, -0.15) is 0 Å². The highest BCUT2D eigenvalue weighted by Gasteiger charge is 1.98. The zero-order valence-electron chi connectivity index (χ0n) is 8.33. The molecule has 0 aliphatic rings. The normalized spacial score (nSPS) is 8.71. The first kappa shape index (κ1) is 10.3. The van der Waals surface area contributed by atoms with Crippen LogP contribution in [0, 0.1) is 18.8 Å². The van der Waals surface area contributed by atoms with Gasteiger partial charge in [-0.15, -0.1) is 0 Å². The Morgan fingerprint density at radius 1 is 1.50 bits per heavy atom. The molecule has 0 aliphatic heterocycles. The van der Waals surface area contributed by atoms with Crippen molar-refractivity contribution in [3.63, 3.8) is 0 Å². The fraction of sp³-hybridized carbons (Fsp3) is 0.250. The van der Waals surface area contributed by atoms with E-state index in [2.05, 4.69) is 11.8 Å². The van der Waals surface area contributed by atoms with Crippen molar-refractivity contribution in [3.05, 3.63) is 29.3 Å². The molecule has 2 heteroatoms. The minimum atomic E-state index is 0.261. The molecule has 0 atom stereocenters. The molecular formula is C12H12O2. The molecule has 0 bridgehead atoms. The minimum Gasteiger partial charge on any atom is -0.495 e. The van der Waals surface area contributed by atoms with E-state index in [0.29, 0.717) is 0 Å². The fourth-order valence-electron chi connectivity index (χ4n) is 1.09. The molecule has 2 nitrogen and oxygen atoms in total. The highest BCUT2D eigenvalue weighted by molar-refractivity contribution is 5.56.